The third-order valence-electron chi connectivity index (χ3n) is 4.54. The van der Waals surface area contributed by atoms with E-state index in [1.807, 2.05) is 20.2 Å². The first-order chi connectivity index (χ1) is 12.6. The summed E-state index contributed by atoms with van der Waals surface area (Å²) in [5, 5.41) is 3.37. The summed E-state index contributed by atoms with van der Waals surface area (Å²) in [5.74, 6) is 1.92. The molecule has 0 N–H and O–H groups in total. The minimum Gasteiger partial charge on any atom is -0.375 e. The van der Waals surface area contributed by atoms with Crippen molar-refractivity contribution in [1.82, 2.24) is 14.9 Å². The van der Waals surface area contributed by atoms with Gasteiger partial charge in [0.1, 0.15) is 16.5 Å². The van der Waals surface area contributed by atoms with Gasteiger partial charge in [-0.15, -0.1) is 11.3 Å². The number of hydrogen-bond donors (Lipinski definition) is 0. The number of thiophene rings is 1. The smallest absolute Gasteiger partial charge is 0.146 e. The number of morpholine rings is 1. The molecule has 1 aromatic carbocycles. The van der Waals surface area contributed by atoms with Gasteiger partial charge in [-0.2, -0.15) is 0 Å². The van der Waals surface area contributed by atoms with E-state index in [1.54, 1.807) is 11.3 Å². The fourth-order valence-electron chi connectivity index (χ4n) is 3.39. The van der Waals surface area contributed by atoms with Crippen LogP contribution in [0.1, 0.15) is 12.7 Å². The Morgan fingerprint density at radius 3 is 2.77 bits per heavy atom. The zero-order valence-corrected chi connectivity index (χ0v) is 16.3. The normalized spacial score (nSPS) is 18.0. The lowest BCUT2D eigenvalue weighted by Gasteiger charge is -2.32. The highest BCUT2D eigenvalue weighted by Crippen LogP contribution is 2.38. The Labute approximate surface area is 158 Å². The van der Waals surface area contributed by atoms with E-state index in [0.29, 0.717) is 0 Å². The molecule has 1 saturated heterocycles. The second-order valence-corrected chi connectivity index (χ2v) is 7.88. The topological polar surface area (TPSA) is 41.5 Å². The Hall–Kier alpha value is -2.02. The van der Waals surface area contributed by atoms with E-state index >= 15 is 0 Å². The summed E-state index contributed by atoms with van der Waals surface area (Å²) in [5.41, 5.74) is 2.43. The number of benzene rings is 1. The Morgan fingerprint density at radius 1 is 1.23 bits per heavy atom. The number of ether oxygens (including phenoxy) is 1. The van der Waals surface area contributed by atoms with Crippen molar-refractivity contribution in [1.29, 1.82) is 0 Å². The maximum atomic E-state index is 5.74. The van der Waals surface area contributed by atoms with Crippen molar-refractivity contribution < 1.29 is 4.74 Å². The molecule has 5 nitrogen and oxygen atoms in total. The van der Waals surface area contributed by atoms with Crippen molar-refractivity contribution in [2.45, 2.75) is 19.6 Å². The Kier molecular flexibility index (Phi) is 4.89. The van der Waals surface area contributed by atoms with Gasteiger partial charge in [0.2, 0.25) is 0 Å². The average Bonchev–Trinajstić information content (AvgIpc) is 3.05. The van der Waals surface area contributed by atoms with Gasteiger partial charge in [-0.3, -0.25) is 0 Å². The van der Waals surface area contributed by atoms with Crippen molar-refractivity contribution in [3.8, 4) is 11.1 Å². The van der Waals surface area contributed by atoms with E-state index in [2.05, 4.69) is 46.4 Å². The molecule has 26 heavy (non-hydrogen) atoms. The molecule has 0 radical (unpaired) electrons. The largest absolute Gasteiger partial charge is 0.375 e. The molecule has 1 unspecified atom stereocenters. The van der Waals surface area contributed by atoms with Crippen LogP contribution in [0.5, 0.6) is 0 Å². The Morgan fingerprint density at radius 2 is 2.04 bits per heavy atom. The van der Waals surface area contributed by atoms with Crippen LogP contribution in [0.3, 0.4) is 0 Å². The van der Waals surface area contributed by atoms with Crippen molar-refractivity contribution in [2.24, 2.45) is 0 Å². The van der Waals surface area contributed by atoms with E-state index in [-0.39, 0.29) is 6.10 Å². The predicted octanol–water partition coefficient (Wildman–Crippen LogP) is 3.65. The molecule has 4 rings (SSSR count). The van der Waals surface area contributed by atoms with Gasteiger partial charge in [0.25, 0.3) is 0 Å². The summed E-state index contributed by atoms with van der Waals surface area (Å²) in [6.07, 6.45) is 0.213. The molecule has 0 saturated carbocycles. The summed E-state index contributed by atoms with van der Waals surface area (Å²) in [6.45, 7) is 5.32. The summed E-state index contributed by atoms with van der Waals surface area (Å²) < 4.78 is 5.74. The number of fused-ring (bicyclic) bond motifs is 1. The van der Waals surface area contributed by atoms with Crippen LogP contribution in [0.4, 0.5) is 5.82 Å². The average molecular weight is 369 g/mol. The summed E-state index contributed by atoms with van der Waals surface area (Å²) >= 11 is 1.70. The first-order valence-electron chi connectivity index (χ1n) is 8.96. The molecule has 1 fully saturated rings. The van der Waals surface area contributed by atoms with E-state index in [9.17, 15) is 0 Å². The van der Waals surface area contributed by atoms with Crippen molar-refractivity contribution >= 4 is 27.4 Å². The first-order valence-corrected chi connectivity index (χ1v) is 9.84. The Bertz CT molecular complexity index is 893. The Balaban J connectivity index is 1.88. The van der Waals surface area contributed by atoms with Crippen LogP contribution in [0.25, 0.3) is 21.3 Å². The van der Waals surface area contributed by atoms with E-state index in [0.717, 1.165) is 48.1 Å². The van der Waals surface area contributed by atoms with Gasteiger partial charge in [-0.1, -0.05) is 30.3 Å². The molecule has 136 valence electrons. The van der Waals surface area contributed by atoms with Crippen LogP contribution in [0, 0.1) is 0 Å². The third kappa shape index (κ3) is 3.45. The lowest BCUT2D eigenvalue weighted by atomic mass is 10.1. The lowest BCUT2D eigenvalue weighted by molar-refractivity contribution is 0.0530. The van der Waals surface area contributed by atoms with Gasteiger partial charge in [0.05, 0.1) is 24.6 Å². The molecular weight excluding hydrogens is 344 g/mol. The zero-order valence-electron chi connectivity index (χ0n) is 15.5. The molecule has 3 heterocycles. The summed E-state index contributed by atoms with van der Waals surface area (Å²) in [4.78, 5) is 15.4. The van der Waals surface area contributed by atoms with Gasteiger partial charge in [0, 0.05) is 24.0 Å². The second-order valence-electron chi connectivity index (χ2n) is 7.02. The van der Waals surface area contributed by atoms with Gasteiger partial charge in [0.15, 0.2) is 0 Å². The molecular formula is C20H24N4OS. The molecule has 3 aromatic rings. The number of nitrogens with zero attached hydrogens (tertiary/aromatic N) is 4. The molecule has 0 aliphatic carbocycles. The number of hydrogen-bond acceptors (Lipinski definition) is 6. The molecule has 2 aromatic heterocycles. The summed E-state index contributed by atoms with van der Waals surface area (Å²) in [7, 11) is 4.10. The quantitative estimate of drug-likeness (QED) is 0.703. The predicted molar refractivity (Wildman–Crippen MR) is 108 cm³/mol. The van der Waals surface area contributed by atoms with Gasteiger partial charge in [-0.05, 0) is 26.6 Å². The van der Waals surface area contributed by atoms with Crippen LogP contribution >= 0.6 is 11.3 Å². The molecule has 1 aliphatic rings. The minimum absolute atomic E-state index is 0.213. The standard InChI is InChI=1S/C20H24N4OS/c1-14-11-24(9-10-25-14)19-18-16(15-7-5-4-6-8-15)13-26-20(18)22-17(21-19)12-23(2)3/h4-8,13-14H,9-12H2,1-3H3. The number of aromatic nitrogens is 2. The van der Waals surface area contributed by atoms with Crippen LogP contribution in [-0.2, 0) is 11.3 Å². The maximum absolute atomic E-state index is 5.74. The van der Waals surface area contributed by atoms with Gasteiger partial charge >= 0.3 is 0 Å². The SMILES string of the molecule is CC1CN(c2nc(CN(C)C)nc3scc(-c4ccccc4)c23)CCO1. The van der Waals surface area contributed by atoms with E-state index in [1.165, 1.54) is 11.1 Å². The fourth-order valence-corrected chi connectivity index (χ4v) is 4.35. The van der Waals surface area contributed by atoms with Crippen LogP contribution in [-0.4, -0.2) is 54.8 Å². The molecule has 0 bridgehead atoms. The zero-order chi connectivity index (χ0) is 18.1. The number of anilines is 1. The second kappa shape index (κ2) is 7.31. The highest BCUT2D eigenvalue weighted by molar-refractivity contribution is 7.17. The molecule has 6 heteroatoms. The highest BCUT2D eigenvalue weighted by atomic mass is 32.1. The van der Waals surface area contributed by atoms with E-state index in [4.69, 9.17) is 14.7 Å². The van der Waals surface area contributed by atoms with Crippen LogP contribution in [0.2, 0.25) is 0 Å². The van der Waals surface area contributed by atoms with Crippen molar-refractivity contribution in [3.63, 3.8) is 0 Å². The van der Waals surface area contributed by atoms with Crippen LogP contribution in [0.15, 0.2) is 35.7 Å². The van der Waals surface area contributed by atoms with E-state index < -0.39 is 0 Å². The van der Waals surface area contributed by atoms with Gasteiger partial charge in [-0.25, -0.2) is 9.97 Å². The monoisotopic (exact) mass is 368 g/mol. The molecule has 1 atom stereocenters. The van der Waals surface area contributed by atoms with Crippen molar-refractivity contribution in [2.75, 3.05) is 38.7 Å². The van der Waals surface area contributed by atoms with Gasteiger partial charge < -0.3 is 14.5 Å². The summed E-state index contributed by atoms with van der Waals surface area (Å²) in [6, 6.07) is 10.5. The third-order valence-corrected chi connectivity index (χ3v) is 5.42. The van der Waals surface area contributed by atoms with Crippen molar-refractivity contribution in [3.05, 3.63) is 41.5 Å². The minimum atomic E-state index is 0.213. The maximum Gasteiger partial charge on any atom is 0.146 e. The lowest BCUT2D eigenvalue weighted by Crippen LogP contribution is -2.41. The van der Waals surface area contributed by atoms with Crippen LogP contribution < -0.4 is 4.90 Å². The highest BCUT2D eigenvalue weighted by Gasteiger charge is 2.24. The number of rotatable bonds is 4. The molecule has 0 spiro atoms. The molecule has 0 amide bonds. The fraction of sp³-hybridized carbons (Fsp3) is 0.400. The first kappa shape index (κ1) is 17.4. The molecule has 1 aliphatic heterocycles.